The fraction of sp³-hybridized carbons (Fsp3) is 0.111. The maximum Gasteiger partial charge on any atom is 0.416 e. The molecule has 8 nitrogen and oxygen atoms in total. The van der Waals surface area contributed by atoms with Crippen LogP contribution in [0.4, 0.5) is 30.2 Å². The number of halogens is 5. The first-order chi connectivity index (χ1) is 18.9. The molecule has 4 rings (SSSR count). The van der Waals surface area contributed by atoms with E-state index in [-0.39, 0.29) is 45.5 Å². The Kier molecular flexibility index (Phi) is 8.17. The van der Waals surface area contributed by atoms with E-state index in [1.165, 1.54) is 48.5 Å². The lowest BCUT2D eigenvalue weighted by atomic mass is 10.1. The van der Waals surface area contributed by atoms with Crippen LogP contribution in [0.15, 0.2) is 77.5 Å². The van der Waals surface area contributed by atoms with Crippen LogP contribution in [-0.4, -0.2) is 30.3 Å². The van der Waals surface area contributed by atoms with Crippen molar-refractivity contribution in [3.8, 4) is 0 Å². The molecule has 3 aromatic rings. The van der Waals surface area contributed by atoms with Gasteiger partial charge >= 0.3 is 12.1 Å². The Morgan fingerprint density at radius 2 is 1.62 bits per heavy atom. The predicted molar refractivity (Wildman–Crippen MR) is 142 cm³/mol. The monoisotopic (exact) mass is 591 g/mol. The molecule has 0 aromatic heterocycles. The molecule has 0 spiro atoms. The maximum absolute atomic E-state index is 13.1. The number of hydrogen-bond acceptors (Lipinski definition) is 6. The summed E-state index contributed by atoms with van der Waals surface area (Å²) in [5, 5.41) is 4.55. The summed E-state index contributed by atoms with van der Waals surface area (Å²) in [5.74, 6) is -2.94. The summed E-state index contributed by atoms with van der Waals surface area (Å²) in [7, 11) is 0. The van der Waals surface area contributed by atoms with Gasteiger partial charge in [0.15, 0.2) is 0 Å². The van der Waals surface area contributed by atoms with E-state index in [0.29, 0.717) is 6.07 Å². The minimum absolute atomic E-state index is 0.0124. The Bertz CT molecular complexity index is 1560. The number of hydrogen-bond donors (Lipinski definition) is 2. The molecule has 0 saturated heterocycles. The quantitative estimate of drug-likeness (QED) is 0.249. The van der Waals surface area contributed by atoms with Gasteiger partial charge in [-0.05, 0) is 67.6 Å². The Labute approximate surface area is 235 Å². The molecule has 0 fully saturated rings. The molecule has 0 bridgehead atoms. The van der Waals surface area contributed by atoms with E-state index >= 15 is 0 Å². The summed E-state index contributed by atoms with van der Waals surface area (Å²) < 4.78 is 44.1. The van der Waals surface area contributed by atoms with Gasteiger partial charge in [0.05, 0.1) is 34.1 Å². The number of rotatable bonds is 7. The van der Waals surface area contributed by atoms with Crippen LogP contribution in [0.25, 0.3) is 0 Å². The van der Waals surface area contributed by atoms with Crippen molar-refractivity contribution in [1.82, 2.24) is 0 Å². The summed E-state index contributed by atoms with van der Waals surface area (Å²) >= 11 is 12.1. The van der Waals surface area contributed by atoms with E-state index in [9.17, 15) is 32.3 Å². The molecule has 1 aliphatic rings. The van der Waals surface area contributed by atoms with Gasteiger partial charge in [-0.15, -0.1) is 0 Å². The van der Waals surface area contributed by atoms with E-state index in [1.54, 1.807) is 6.92 Å². The predicted octanol–water partition coefficient (Wildman–Crippen LogP) is 6.22. The Morgan fingerprint density at radius 3 is 2.27 bits per heavy atom. The molecule has 3 amide bonds. The smallest absolute Gasteiger partial charge is 0.416 e. The molecule has 1 aliphatic heterocycles. The van der Waals surface area contributed by atoms with Crippen LogP contribution in [-0.2, 0) is 20.5 Å². The number of nitrogens with one attached hydrogen (secondary N) is 2. The molecule has 1 heterocycles. The van der Waals surface area contributed by atoms with E-state index in [4.69, 9.17) is 27.9 Å². The van der Waals surface area contributed by atoms with Crippen molar-refractivity contribution in [1.29, 1.82) is 0 Å². The van der Waals surface area contributed by atoms with Crippen LogP contribution < -0.4 is 15.5 Å². The fourth-order valence-electron chi connectivity index (χ4n) is 3.68. The van der Waals surface area contributed by atoms with Gasteiger partial charge in [-0.1, -0.05) is 29.3 Å². The summed E-state index contributed by atoms with van der Waals surface area (Å²) in [5.41, 5.74) is -0.914. The summed E-state index contributed by atoms with van der Waals surface area (Å²) in [6, 6.07) is 13.7. The van der Waals surface area contributed by atoms with Gasteiger partial charge in [0.2, 0.25) is 0 Å². The maximum atomic E-state index is 13.1. The van der Waals surface area contributed by atoms with Gasteiger partial charge in [0, 0.05) is 11.3 Å². The van der Waals surface area contributed by atoms with Crippen LogP contribution in [0.3, 0.4) is 0 Å². The first kappa shape index (κ1) is 28.7. The van der Waals surface area contributed by atoms with Crippen molar-refractivity contribution in [2.45, 2.75) is 13.1 Å². The molecule has 0 aliphatic carbocycles. The third kappa shape index (κ3) is 5.95. The third-order valence-electron chi connectivity index (χ3n) is 5.60. The van der Waals surface area contributed by atoms with Crippen LogP contribution in [0, 0.1) is 0 Å². The molecule has 0 saturated carbocycles. The van der Waals surface area contributed by atoms with Gasteiger partial charge in [0.1, 0.15) is 10.7 Å². The largest absolute Gasteiger partial charge is 0.462 e. The number of amides is 3. The summed E-state index contributed by atoms with van der Waals surface area (Å²) in [6.07, 6.45) is -4.64. The van der Waals surface area contributed by atoms with Crippen LogP contribution in [0.5, 0.6) is 0 Å². The summed E-state index contributed by atoms with van der Waals surface area (Å²) in [4.78, 5) is 51.3. The van der Waals surface area contributed by atoms with Crippen molar-refractivity contribution in [2.75, 3.05) is 22.1 Å². The van der Waals surface area contributed by atoms with Gasteiger partial charge in [-0.2, -0.15) is 13.2 Å². The molecule has 2 N–H and O–H groups in total. The Hall–Kier alpha value is -4.35. The lowest BCUT2D eigenvalue weighted by Crippen LogP contribution is -2.32. The topological polar surface area (TPSA) is 105 Å². The lowest BCUT2D eigenvalue weighted by molar-refractivity contribution is -0.137. The standard InChI is InChI=1S/C27H18Cl2F3N3O5/c1-2-40-26(39)14-6-9-18(10-7-14)35-24(37)21(29)22(25(35)38)33-17-5-3-4-15(12-17)23(36)34-20-13-16(27(30,31)32)8-11-19(20)28/h3-13,33H,2H2,1H3,(H,34,36). The number of ether oxygens (including phenoxy) is 1. The average Bonchev–Trinajstić information content (AvgIpc) is 3.12. The second-order valence-electron chi connectivity index (χ2n) is 8.25. The minimum atomic E-state index is -4.64. The number of imide groups is 1. The third-order valence-corrected chi connectivity index (χ3v) is 6.28. The fourth-order valence-corrected chi connectivity index (χ4v) is 4.06. The number of carbonyl (C=O) groups is 4. The molecule has 0 radical (unpaired) electrons. The van der Waals surface area contributed by atoms with Crippen LogP contribution >= 0.6 is 23.2 Å². The van der Waals surface area contributed by atoms with E-state index in [1.807, 2.05) is 0 Å². The Balaban J connectivity index is 1.51. The number of nitrogens with zero attached hydrogens (tertiary/aromatic N) is 1. The first-order valence-corrected chi connectivity index (χ1v) is 12.3. The highest BCUT2D eigenvalue weighted by atomic mass is 35.5. The van der Waals surface area contributed by atoms with Gasteiger partial charge < -0.3 is 15.4 Å². The number of esters is 1. The second kappa shape index (κ2) is 11.4. The van der Waals surface area contributed by atoms with E-state index in [0.717, 1.165) is 17.0 Å². The zero-order valence-corrected chi connectivity index (χ0v) is 21.9. The average molecular weight is 592 g/mol. The molecular formula is C27H18Cl2F3N3O5. The molecule has 3 aromatic carbocycles. The SMILES string of the molecule is CCOC(=O)c1ccc(N2C(=O)C(Cl)=C(Nc3cccc(C(=O)Nc4cc(C(F)(F)F)ccc4Cl)c3)C2=O)cc1. The second-order valence-corrected chi connectivity index (χ2v) is 9.04. The summed E-state index contributed by atoms with van der Waals surface area (Å²) in [6.45, 7) is 1.84. The number of benzene rings is 3. The Morgan fingerprint density at radius 1 is 0.925 bits per heavy atom. The van der Waals surface area contributed by atoms with Crippen molar-refractivity contribution >= 4 is 64.0 Å². The number of carbonyl (C=O) groups excluding carboxylic acids is 4. The van der Waals surface area contributed by atoms with Crippen molar-refractivity contribution < 1.29 is 37.1 Å². The highest BCUT2D eigenvalue weighted by molar-refractivity contribution is 6.53. The minimum Gasteiger partial charge on any atom is -0.462 e. The lowest BCUT2D eigenvalue weighted by Gasteiger charge is -2.16. The molecule has 0 unspecified atom stereocenters. The number of anilines is 3. The van der Waals surface area contributed by atoms with Crippen molar-refractivity contribution in [3.05, 3.63) is 99.2 Å². The number of alkyl halides is 3. The van der Waals surface area contributed by atoms with Gasteiger partial charge in [-0.25, -0.2) is 9.69 Å². The van der Waals surface area contributed by atoms with Crippen LogP contribution in [0.1, 0.15) is 33.2 Å². The van der Waals surface area contributed by atoms with E-state index < -0.39 is 40.5 Å². The molecule has 0 atom stereocenters. The van der Waals surface area contributed by atoms with Gasteiger partial charge in [0.25, 0.3) is 17.7 Å². The first-order valence-electron chi connectivity index (χ1n) is 11.5. The normalized spacial score (nSPS) is 13.5. The zero-order valence-electron chi connectivity index (χ0n) is 20.4. The van der Waals surface area contributed by atoms with Crippen LogP contribution in [0.2, 0.25) is 5.02 Å². The highest BCUT2D eigenvalue weighted by Crippen LogP contribution is 2.34. The molecule has 40 heavy (non-hydrogen) atoms. The highest BCUT2D eigenvalue weighted by Gasteiger charge is 2.39. The van der Waals surface area contributed by atoms with E-state index in [2.05, 4.69) is 10.6 Å². The van der Waals surface area contributed by atoms with Crippen molar-refractivity contribution in [2.24, 2.45) is 0 Å². The molecular weight excluding hydrogens is 574 g/mol. The zero-order chi connectivity index (χ0) is 29.2. The molecule has 206 valence electrons. The molecule has 13 heteroatoms. The van der Waals surface area contributed by atoms with Crippen molar-refractivity contribution in [3.63, 3.8) is 0 Å². The van der Waals surface area contributed by atoms with Gasteiger partial charge in [-0.3, -0.25) is 14.4 Å².